The number of alkyl carbamates (subject to hydrolysis) is 1. The van der Waals surface area contributed by atoms with Crippen molar-refractivity contribution >= 4 is 61.6 Å². The van der Waals surface area contributed by atoms with E-state index in [-0.39, 0.29) is 20.7 Å². The summed E-state index contributed by atoms with van der Waals surface area (Å²) in [6, 6.07) is 22.2. The Kier molecular flexibility index (Phi) is 9.27. The second-order valence-electron chi connectivity index (χ2n) is 10.5. The molecular weight excluding hydrogens is 583 g/mol. The lowest BCUT2D eigenvalue weighted by Crippen LogP contribution is -2.32. The molecule has 2 N–H and O–H groups in total. The molecule has 41 heavy (non-hydrogen) atoms. The summed E-state index contributed by atoms with van der Waals surface area (Å²) in [5, 5.41) is 4.61. The molecule has 0 saturated heterocycles. The van der Waals surface area contributed by atoms with E-state index in [0.717, 1.165) is 21.9 Å². The zero-order valence-electron chi connectivity index (χ0n) is 22.8. The third-order valence-corrected chi connectivity index (χ3v) is 7.88. The first-order valence-electron chi connectivity index (χ1n) is 12.9. The van der Waals surface area contributed by atoms with E-state index in [4.69, 9.17) is 27.9 Å². The van der Waals surface area contributed by atoms with E-state index in [1.54, 1.807) is 30.3 Å². The summed E-state index contributed by atoms with van der Waals surface area (Å²) in [6.45, 7) is 5.77. The van der Waals surface area contributed by atoms with E-state index < -0.39 is 21.7 Å². The summed E-state index contributed by atoms with van der Waals surface area (Å²) in [5.74, 6) is -0.0202. The molecule has 0 unspecified atom stereocenters. The number of ketones is 1. The van der Waals surface area contributed by atoms with Gasteiger partial charge < -0.3 is 10.1 Å². The lowest BCUT2D eigenvalue weighted by molar-refractivity contribution is 0.0523. The van der Waals surface area contributed by atoms with E-state index in [2.05, 4.69) is 10.0 Å². The number of carbonyl (C=O) groups is 2. The lowest BCUT2D eigenvalue weighted by Gasteiger charge is -2.19. The summed E-state index contributed by atoms with van der Waals surface area (Å²) >= 11 is 11.9. The number of fused-ring (bicyclic) bond motifs is 1. The maximum absolute atomic E-state index is 13.2. The van der Waals surface area contributed by atoms with Crippen molar-refractivity contribution in [3.63, 3.8) is 0 Å². The van der Waals surface area contributed by atoms with Gasteiger partial charge in [-0.1, -0.05) is 71.7 Å². The fourth-order valence-electron chi connectivity index (χ4n) is 4.19. The van der Waals surface area contributed by atoms with Gasteiger partial charge in [0.15, 0.2) is 5.78 Å². The number of benzene rings is 4. The van der Waals surface area contributed by atoms with Crippen LogP contribution in [-0.4, -0.2) is 25.9 Å². The number of nitrogens with one attached hydrogen (secondary N) is 2. The van der Waals surface area contributed by atoms with Crippen molar-refractivity contribution in [3.8, 4) is 0 Å². The highest BCUT2D eigenvalue weighted by Crippen LogP contribution is 2.28. The van der Waals surface area contributed by atoms with Crippen molar-refractivity contribution in [2.75, 3.05) is 4.72 Å². The topological polar surface area (TPSA) is 102 Å². The zero-order chi connectivity index (χ0) is 29.8. The minimum Gasteiger partial charge on any atom is -0.444 e. The SMILES string of the molecule is CC(C)(C)OC(=O)NCc1ccc(CCC(=O)c2cccc3cc(NS(=O)(=O)c4cc(Cl)cc(Cl)c4)ccc23)cc1. The maximum atomic E-state index is 13.2. The molecule has 0 saturated carbocycles. The Labute approximate surface area is 249 Å². The van der Waals surface area contributed by atoms with Crippen LogP contribution < -0.4 is 10.0 Å². The van der Waals surface area contributed by atoms with Gasteiger partial charge in [0, 0.05) is 34.3 Å². The van der Waals surface area contributed by atoms with E-state index in [9.17, 15) is 18.0 Å². The molecule has 1 amide bonds. The molecule has 0 aromatic heterocycles. The Morgan fingerprint density at radius 1 is 0.854 bits per heavy atom. The van der Waals surface area contributed by atoms with Crippen LogP contribution in [0, 0.1) is 0 Å². The van der Waals surface area contributed by atoms with Crippen LogP contribution in [0.4, 0.5) is 10.5 Å². The number of hydrogen-bond acceptors (Lipinski definition) is 5. The van der Waals surface area contributed by atoms with Gasteiger partial charge in [-0.05, 0) is 79.4 Å². The highest BCUT2D eigenvalue weighted by Gasteiger charge is 2.18. The summed E-state index contributed by atoms with van der Waals surface area (Å²) in [4.78, 5) is 25.0. The van der Waals surface area contributed by atoms with Crippen LogP contribution in [0.5, 0.6) is 0 Å². The van der Waals surface area contributed by atoms with E-state index in [0.29, 0.717) is 30.6 Å². The van der Waals surface area contributed by atoms with E-state index in [1.165, 1.54) is 18.2 Å². The summed E-state index contributed by atoms with van der Waals surface area (Å²) in [5.41, 5.74) is 2.27. The number of carbonyl (C=O) groups excluding carboxylic acids is 2. The smallest absolute Gasteiger partial charge is 0.407 e. The van der Waals surface area contributed by atoms with Crippen LogP contribution in [0.25, 0.3) is 10.8 Å². The van der Waals surface area contributed by atoms with Gasteiger partial charge in [0.05, 0.1) is 4.90 Å². The van der Waals surface area contributed by atoms with Crippen molar-refractivity contribution in [1.29, 1.82) is 0 Å². The van der Waals surface area contributed by atoms with Gasteiger partial charge in [-0.25, -0.2) is 13.2 Å². The van der Waals surface area contributed by atoms with Crippen molar-refractivity contribution in [3.05, 3.63) is 106 Å². The molecule has 0 spiro atoms. The molecule has 0 heterocycles. The first-order chi connectivity index (χ1) is 19.3. The predicted octanol–water partition coefficient (Wildman–Crippen LogP) is 7.79. The van der Waals surface area contributed by atoms with Crippen LogP contribution in [0.15, 0.2) is 83.8 Å². The number of rotatable bonds is 9. The first kappa shape index (κ1) is 30.4. The molecule has 0 aliphatic heterocycles. The summed E-state index contributed by atoms with van der Waals surface area (Å²) in [7, 11) is -3.92. The number of anilines is 1. The highest BCUT2D eigenvalue weighted by molar-refractivity contribution is 7.92. The van der Waals surface area contributed by atoms with Crippen molar-refractivity contribution in [2.45, 2.75) is 50.7 Å². The molecule has 4 rings (SSSR count). The molecule has 0 bridgehead atoms. The van der Waals surface area contributed by atoms with Gasteiger partial charge in [0.2, 0.25) is 0 Å². The van der Waals surface area contributed by atoms with Crippen LogP contribution in [-0.2, 0) is 27.7 Å². The predicted molar refractivity (Wildman–Crippen MR) is 163 cm³/mol. The van der Waals surface area contributed by atoms with Crippen LogP contribution in [0.1, 0.15) is 48.7 Å². The van der Waals surface area contributed by atoms with Gasteiger partial charge in [0.25, 0.3) is 10.0 Å². The fourth-order valence-corrected chi connectivity index (χ4v) is 5.97. The van der Waals surface area contributed by atoms with Gasteiger partial charge in [-0.3, -0.25) is 9.52 Å². The third-order valence-electron chi connectivity index (χ3n) is 6.08. The van der Waals surface area contributed by atoms with Crippen LogP contribution in [0.3, 0.4) is 0 Å². The molecular formula is C31H30Cl2N2O5S. The van der Waals surface area contributed by atoms with Gasteiger partial charge >= 0.3 is 6.09 Å². The molecule has 0 aliphatic rings. The Balaban J connectivity index is 1.40. The summed E-state index contributed by atoms with van der Waals surface area (Å²) in [6.07, 6.45) is 0.381. The highest BCUT2D eigenvalue weighted by atomic mass is 35.5. The van der Waals surface area contributed by atoms with Crippen molar-refractivity contribution < 1.29 is 22.7 Å². The molecule has 0 atom stereocenters. The second-order valence-corrected chi connectivity index (χ2v) is 13.1. The number of ether oxygens (including phenoxy) is 1. The van der Waals surface area contributed by atoms with Crippen molar-refractivity contribution in [1.82, 2.24) is 5.32 Å². The number of aryl methyl sites for hydroxylation is 1. The average molecular weight is 614 g/mol. The Morgan fingerprint density at radius 2 is 1.51 bits per heavy atom. The molecule has 214 valence electrons. The van der Waals surface area contributed by atoms with E-state index >= 15 is 0 Å². The van der Waals surface area contributed by atoms with E-state index in [1.807, 2.05) is 51.1 Å². The van der Waals surface area contributed by atoms with Gasteiger partial charge in [-0.2, -0.15) is 0 Å². The van der Waals surface area contributed by atoms with Gasteiger partial charge in [-0.15, -0.1) is 0 Å². The Hall–Kier alpha value is -3.59. The molecule has 0 fully saturated rings. The number of Topliss-reactive ketones (excluding diaryl/α,β-unsaturated/α-hetero) is 1. The standard InChI is InChI=1S/C31H30Cl2N2O5S/c1-31(2,3)40-30(37)34-19-21-9-7-20(8-10-21)11-14-29(36)28-6-4-5-22-15-25(12-13-27(22)28)35-41(38,39)26-17-23(32)16-24(33)18-26/h4-10,12-13,15-18,35H,11,14,19H2,1-3H3,(H,34,37). The van der Waals surface area contributed by atoms with Crippen LogP contribution >= 0.6 is 23.2 Å². The molecule has 0 radical (unpaired) electrons. The minimum absolute atomic E-state index is 0.0202. The van der Waals surface area contributed by atoms with Crippen LogP contribution in [0.2, 0.25) is 10.0 Å². The average Bonchev–Trinajstić information content (AvgIpc) is 2.89. The molecule has 4 aromatic rings. The third kappa shape index (κ3) is 8.45. The quantitative estimate of drug-likeness (QED) is 0.188. The Morgan fingerprint density at radius 3 is 2.17 bits per heavy atom. The zero-order valence-corrected chi connectivity index (χ0v) is 25.2. The second kappa shape index (κ2) is 12.5. The Bertz CT molecular complexity index is 1680. The minimum atomic E-state index is -3.92. The number of sulfonamides is 1. The number of amides is 1. The largest absolute Gasteiger partial charge is 0.444 e. The summed E-state index contributed by atoms with van der Waals surface area (Å²) < 4.78 is 33.5. The lowest BCUT2D eigenvalue weighted by atomic mass is 9.97. The number of hydrogen-bond donors (Lipinski definition) is 2. The molecule has 4 aromatic carbocycles. The van der Waals surface area contributed by atoms with Gasteiger partial charge in [0.1, 0.15) is 5.60 Å². The van der Waals surface area contributed by atoms with Crippen molar-refractivity contribution in [2.24, 2.45) is 0 Å². The first-order valence-corrected chi connectivity index (χ1v) is 15.1. The fraction of sp³-hybridized carbons (Fsp3) is 0.226. The normalized spacial score (nSPS) is 11.7. The molecule has 10 heteroatoms. The molecule has 0 aliphatic carbocycles. The molecule has 7 nitrogen and oxygen atoms in total. The number of halogens is 2. The maximum Gasteiger partial charge on any atom is 0.407 e. The monoisotopic (exact) mass is 612 g/mol.